The molecule has 2 aromatic rings. The molecule has 4 nitrogen and oxygen atoms in total. The lowest BCUT2D eigenvalue weighted by molar-refractivity contribution is -0.121. The number of hydrogen-bond acceptors (Lipinski definition) is 5. The Kier molecular flexibility index (Phi) is 5.43. The quantitative estimate of drug-likeness (QED) is 0.508. The molecule has 1 amide bonds. The molecule has 0 bridgehead atoms. The van der Waals surface area contributed by atoms with Crippen molar-refractivity contribution < 1.29 is 13.9 Å². The third-order valence-electron chi connectivity index (χ3n) is 3.34. The van der Waals surface area contributed by atoms with Gasteiger partial charge in [-0.2, -0.15) is 0 Å². The highest BCUT2D eigenvalue weighted by molar-refractivity contribution is 9.10. The fourth-order valence-corrected chi connectivity index (χ4v) is 3.77. The summed E-state index contributed by atoms with van der Waals surface area (Å²) in [5.74, 6) is 1.99. The summed E-state index contributed by atoms with van der Waals surface area (Å²) in [5.41, 5.74) is 0. The van der Waals surface area contributed by atoms with E-state index in [1.807, 2.05) is 43.3 Å². The number of carbonyl (C=O) groups is 1. The van der Waals surface area contributed by atoms with Crippen molar-refractivity contribution in [3.05, 3.63) is 57.3 Å². The van der Waals surface area contributed by atoms with Gasteiger partial charge >= 0.3 is 0 Å². The molecule has 3 rings (SSSR count). The molecular weight excluding hydrogens is 410 g/mol. The van der Waals surface area contributed by atoms with E-state index in [0.29, 0.717) is 33.9 Å². The zero-order valence-corrected chi connectivity index (χ0v) is 16.0. The van der Waals surface area contributed by atoms with Crippen LogP contribution in [0.25, 0.3) is 6.08 Å². The van der Waals surface area contributed by atoms with Gasteiger partial charge in [-0.1, -0.05) is 39.9 Å². The molecular formula is C17H14BrNO3S2. The van der Waals surface area contributed by atoms with Crippen molar-refractivity contribution in [2.75, 3.05) is 6.54 Å². The molecule has 2 heterocycles. The third-order valence-corrected chi connectivity index (χ3v) is 5.25. The Hall–Kier alpha value is -1.57. The van der Waals surface area contributed by atoms with Gasteiger partial charge in [0.25, 0.3) is 5.91 Å². The molecule has 0 saturated carbocycles. The molecule has 0 N–H and O–H groups in total. The first-order valence-electron chi connectivity index (χ1n) is 7.29. The predicted molar refractivity (Wildman–Crippen MR) is 103 cm³/mol. The predicted octanol–water partition coefficient (Wildman–Crippen LogP) is 4.84. The zero-order valence-electron chi connectivity index (χ0n) is 12.8. The highest BCUT2D eigenvalue weighted by Crippen LogP contribution is 2.32. The van der Waals surface area contributed by atoms with Gasteiger partial charge in [-0.05, 0) is 43.3 Å². The van der Waals surface area contributed by atoms with Gasteiger partial charge in [0, 0.05) is 17.1 Å². The first-order chi connectivity index (χ1) is 11.6. The van der Waals surface area contributed by atoms with Crippen LogP contribution in [0.15, 0.2) is 50.2 Å². The Morgan fingerprint density at radius 2 is 2.04 bits per heavy atom. The Morgan fingerprint density at radius 1 is 1.29 bits per heavy atom. The van der Waals surface area contributed by atoms with Crippen molar-refractivity contribution in [2.24, 2.45) is 0 Å². The number of benzene rings is 1. The van der Waals surface area contributed by atoms with Gasteiger partial charge in [-0.3, -0.25) is 9.69 Å². The normalized spacial score (nSPS) is 16.2. The van der Waals surface area contributed by atoms with Crippen LogP contribution in [-0.4, -0.2) is 21.7 Å². The summed E-state index contributed by atoms with van der Waals surface area (Å²) in [4.78, 5) is 14.3. The van der Waals surface area contributed by atoms with Crippen LogP contribution in [0, 0.1) is 0 Å². The second kappa shape index (κ2) is 7.55. The maximum atomic E-state index is 12.2. The molecule has 1 aromatic carbocycles. The summed E-state index contributed by atoms with van der Waals surface area (Å²) >= 11 is 9.87. The number of amides is 1. The van der Waals surface area contributed by atoms with E-state index in [1.54, 1.807) is 11.0 Å². The summed E-state index contributed by atoms with van der Waals surface area (Å²) in [5, 5.41) is 0. The van der Waals surface area contributed by atoms with Crippen LogP contribution in [0.5, 0.6) is 5.75 Å². The first kappa shape index (κ1) is 17.3. The van der Waals surface area contributed by atoms with Crippen molar-refractivity contribution in [3.63, 3.8) is 0 Å². The number of hydrogen-bond donors (Lipinski definition) is 0. The second-order valence-corrected chi connectivity index (χ2v) is 7.56. The fraction of sp³-hybridized carbons (Fsp3) is 0.176. The Balaban J connectivity index is 1.65. The van der Waals surface area contributed by atoms with Crippen LogP contribution < -0.4 is 4.74 Å². The minimum Gasteiger partial charge on any atom is -0.486 e. The van der Waals surface area contributed by atoms with E-state index >= 15 is 0 Å². The van der Waals surface area contributed by atoms with Crippen LogP contribution in [0.3, 0.4) is 0 Å². The molecule has 0 aliphatic carbocycles. The van der Waals surface area contributed by atoms with Gasteiger partial charge in [0.05, 0.1) is 4.91 Å². The Bertz CT molecular complexity index is 798. The van der Waals surface area contributed by atoms with E-state index in [4.69, 9.17) is 21.4 Å². The first-order valence-corrected chi connectivity index (χ1v) is 9.31. The molecule has 0 atom stereocenters. The van der Waals surface area contributed by atoms with Gasteiger partial charge in [-0.15, -0.1) is 0 Å². The molecule has 124 valence electrons. The van der Waals surface area contributed by atoms with Crippen molar-refractivity contribution in [1.29, 1.82) is 0 Å². The van der Waals surface area contributed by atoms with Gasteiger partial charge in [0.15, 0.2) is 0 Å². The summed E-state index contributed by atoms with van der Waals surface area (Å²) in [6.07, 6.45) is 1.72. The number of ether oxygens (including phenoxy) is 1. The number of thioether (sulfide) groups is 1. The monoisotopic (exact) mass is 423 g/mol. The number of nitrogens with zero attached hydrogens (tertiary/aromatic N) is 1. The third kappa shape index (κ3) is 3.91. The SMILES string of the molecule is CCN1C(=O)/C(=C/c2ccc(COc3ccc(Br)cc3)o2)SC1=S. The van der Waals surface area contributed by atoms with E-state index in [-0.39, 0.29) is 5.91 Å². The minimum absolute atomic E-state index is 0.0726. The number of furan rings is 1. The number of halogens is 1. The van der Waals surface area contributed by atoms with Gasteiger partial charge < -0.3 is 9.15 Å². The highest BCUT2D eigenvalue weighted by atomic mass is 79.9. The van der Waals surface area contributed by atoms with E-state index in [2.05, 4.69) is 15.9 Å². The second-order valence-electron chi connectivity index (χ2n) is 4.97. The minimum atomic E-state index is -0.0726. The molecule has 1 saturated heterocycles. The smallest absolute Gasteiger partial charge is 0.266 e. The number of rotatable bonds is 5. The zero-order chi connectivity index (χ0) is 17.1. The fourth-order valence-electron chi connectivity index (χ4n) is 2.14. The standard InChI is InChI=1S/C17H14BrNO3S2/c1-2-19-16(20)15(24-17(19)23)9-13-7-8-14(22-13)10-21-12-5-3-11(18)4-6-12/h3-9H,2,10H2,1H3/b15-9-. The summed E-state index contributed by atoms with van der Waals surface area (Å²) < 4.78 is 13.0. The van der Waals surface area contributed by atoms with E-state index in [1.165, 1.54) is 11.8 Å². The van der Waals surface area contributed by atoms with Crippen molar-refractivity contribution in [2.45, 2.75) is 13.5 Å². The van der Waals surface area contributed by atoms with Crippen LogP contribution in [0.4, 0.5) is 0 Å². The van der Waals surface area contributed by atoms with E-state index < -0.39 is 0 Å². The van der Waals surface area contributed by atoms with Crippen molar-refractivity contribution in [1.82, 2.24) is 4.90 Å². The van der Waals surface area contributed by atoms with Gasteiger partial charge in [0.1, 0.15) is 28.2 Å². The maximum Gasteiger partial charge on any atom is 0.266 e. The molecule has 1 fully saturated rings. The van der Waals surface area contributed by atoms with Gasteiger partial charge in [0.2, 0.25) is 0 Å². The molecule has 1 aliphatic rings. The van der Waals surface area contributed by atoms with E-state index in [9.17, 15) is 4.79 Å². The largest absolute Gasteiger partial charge is 0.486 e. The number of likely N-dealkylation sites (N-methyl/N-ethyl adjacent to an activating group) is 1. The Labute approximate surface area is 158 Å². The molecule has 1 aliphatic heterocycles. The average Bonchev–Trinajstić information content (AvgIpc) is 3.12. The highest BCUT2D eigenvalue weighted by Gasteiger charge is 2.30. The molecule has 7 heteroatoms. The van der Waals surface area contributed by atoms with Crippen LogP contribution >= 0.6 is 39.9 Å². The summed E-state index contributed by atoms with van der Waals surface area (Å²) in [6.45, 7) is 2.80. The molecule has 0 radical (unpaired) electrons. The van der Waals surface area contributed by atoms with Gasteiger partial charge in [-0.25, -0.2) is 0 Å². The lowest BCUT2D eigenvalue weighted by Gasteiger charge is -2.09. The van der Waals surface area contributed by atoms with E-state index in [0.717, 1.165) is 10.2 Å². The average molecular weight is 424 g/mol. The van der Waals surface area contributed by atoms with Crippen molar-refractivity contribution in [3.8, 4) is 5.75 Å². The lowest BCUT2D eigenvalue weighted by Crippen LogP contribution is -2.27. The van der Waals surface area contributed by atoms with Crippen LogP contribution in [-0.2, 0) is 11.4 Å². The molecule has 0 spiro atoms. The Morgan fingerprint density at radius 3 is 2.71 bits per heavy atom. The molecule has 1 aromatic heterocycles. The van der Waals surface area contributed by atoms with Crippen LogP contribution in [0.1, 0.15) is 18.4 Å². The number of thiocarbonyl (C=S) groups is 1. The lowest BCUT2D eigenvalue weighted by atomic mass is 10.3. The maximum absolute atomic E-state index is 12.2. The molecule has 24 heavy (non-hydrogen) atoms. The molecule has 0 unspecified atom stereocenters. The van der Waals surface area contributed by atoms with Crippen molar-refractivity contribution >= 4 is 56.2 Å². The topological polar surface area (TPSA) is 42.7 Å². The number of carbonyl (C=O) groups excluding carboxylic acids is 1. The van der Waals surface area contributed by atoms with Crippen LogP contribution in [0.2, 0.25) is 0 Å². The summed E-state index contributed by atoms with van der Waals surface area (Å²) in [7, 11) is 0. The summed E-state index contributed by atoms with van der Waals surface area (Å²) in [6, 6.07) is 11.2.